The van der Waals surface area contributed by atoms with Gasteiger partial charge >= 0.3 is 0 Å². The molecule has 7 heteroatoms. The SMILES string of the molecule is Cc1nc(N2CCC(F)(F)CC2)cnc1C(F)F. The fourth-order valence-electron chi connectivity index (χ4n) is 1.91. The molecule has 0 atom stereocenters. The topological polar surface area (TPSA) is 29.0 Å². The summed E-state index contributed by atoms with van der Waals surface area (Å²) in [6, 6.07) is 0. The van der Waals surface area contributed by atoms with Crippen molar-refractivity contribution in [3.8, 4) is 0 Å². The Morgan fingerprint density at radius 3 is 2.39 bits per heavy atom. The highest BCUT2D eigenvalue weighted by Gasteiger charge is 2.34. The minimum Gasteiger partial charge on any atom is -0.355 e. The smallest absolute Gasteiger partial charge is 0.282 e. The van der Waals surface area contributed by atoms with Crippen LogP contribution >= 0.6 is 0 Å². The molecule has 2 heterocycles. The van der Waals surface area contributed by atoms with Gasteiger partial charge in [-0.1, -0.05) is 0 Å². The number of alkyl halides is 4. The highest BCUT2D eigenvalue weighted by Crippen LogP contribution is 2.30. The lowest BCUT2D eigenvalue weighted by atomic mass is 10.1. The second kappa shape index (κ2) is 4.70. The van der Waals surface area contributed by atoms with E-state index in [0.717, 1.165) is 0 Å². The predicted octanol–water partition coefficient (Wildman–Crippen LogP) is 2.96. The van der Waals surface area contributed by atoms with Gasteiger partial charge in [-0.2, -0.15) is 0 Å². The third kappa shape index (κ3) is 2.70. The zero-order valence-electron chi connectivity index (χ0n) is 9.84. The van der Waals surface area contributed by atoms with Gasteiger partial charge in [-0.3, -0.25) is 0 Å². The van der Waals surface area contributed by atoms with Crippen LogP contribution in [0.1, 0.15) is 30.7 Å². The Hall–Kier alpha value is -1.40. The van der Waals surface area contributed by atoms with Crippen molar-refractivity contribution in [1.82, 2.24) is 9.97 Å². The quantitative estimate of drug-likeness (QED) is 0.768. The molecule has 18 heavy (non-hydrogen) atoms. The molecule has 0 unspecified atom stereocenters. The Balaban J connectivity index is 2.13. The second-order valence-electron chi connectivity index (χ2n) is 4.34. The average Bonchev–Trinajstić information content (AvgIpc) is 2.28. The van der Waals surface area contributed by atoms with E-state index in [9.17, 15) is 17.6 Å². The number of aryl methyl sites for hydroxylation is 1. The first-order valence-corrected chi connectivity index (χ1v) is 5.63. The summed E-state index contributed by atoms with van der Waals surface area (Å²) in [7, 11) is 0. The molecule has 3 nitrogen and oxygen atoms in total. The summed E-state index contributed by atoms with van der Waals surface area (Å²) in [6.45, 7) is 1.76. The zero-order valence-corrected chi connectivity index (χ0v) is 9.84. The maximum absolute atomic E-state index is 13.0. The molecule has 2 rings (SSSR count). The van der Waals surface area contributed by atoms with E-state index >= 15 is 0 Å². The van der Waals surface area contributed by atoms with E-state index < -0.39 is 12.3 Å². The number of hydrogen-bond donors (Lipinski definition) is 0. The Morgan fingerprint density at radius 2 is 1.89 bits per heavy atom. The summed E-state index contributed by atoms with van der Waals surface area (Å²) in [6.07, 6.45) is -1.94. The van der Waals surface area contributed by atoms with Gasteiger partial charge in [0.1, 0.15) is 11.5 Å². The Kier molecular flexibility index (Phi) is 3.41. The molecule has 0 aliphatic carbocycles. The molecule has 0 bridgehead atoms. The Morgan fingerprint density at radius 1 is 1.28 bits per heavy atom. The molecule has 1 saturated heterocycles. The number of anilines is 1. The molecule has 1 aliphatic rings. The van der Waals surface area contributed by atoms with Crippen LogP contribution in [0.2, 0.25) is 0 Å². The van der Waals surface area contributed by atoms with Gasteiger partial charge in [-0.05, 0) is 6.92 Å². The molecular weight excluding hydrogens is 250 g/mol. The van der Waals surface area contributed by atoms with Crippen molar-refractivity contribution in [1.29, 1.82) is 0 Å². The van der Waals surface area contributed by atoms with Gasteiger partial charge < -0.3 is 4.90 Å². The van der Waals surface area contributed by atoms with Crippen LogP contribution < -0.4 is 4.90 Å². The molecule has 0 aromatic carbocycles. The highest BCUT2D eigenvalue weighted by atomic mass is 19.3. The van der Waals surface area contributed by atoms with Gasteiger partial charge in [0.15, 0.2) is 0 Å². The number of piperidine rings is 1. The first-order chi connectivity index (χ1) is 8.39. The number of rotatable bonds is 2. The highest BCUT2D eigenvalue weighted by molar-refractivity contribution is 5.38. The summed E-state index contributed by atoms with van der Waals surface area (Å²) in [5, 5.41) is 0. The summed E-state index contributed by atoms with van der Waals surface area (Å²) in [5.41, 5.74) is -0.221. The van der Waals surface area contributed by atoms with Gasteiger partial charge in [0.05, 0.1) is 11.9 Å². The molecule has 1 aromatic rings. The zero-order chi connectivity index (χ0) is 13.3. The fraction of sp³-hybridized carbons (Fsp3) is 0.636. The minimum absolute atomic E-state index is 0.139. The molecule has 0 saturated carbocycles. The van der Waals surface area contributed by atoms with Crippen molar-refractivity contribution >= 4 is 5.82 Å². The largest absolute Gasteiger partial charge is 0.355 e. The molecule has 0 amide bonds. The lowest BCUT2D eigenvalue weighted by molar-refractivity contribution is -0.0221. The second-order valence-corrected chi connectivity index (χ2v) is 4.34. The van der Waals surface area contributed by atoms with Gasteiger partial charge in [-0.15, -0.1) is 0 Å². The summed E-state index contributed by atoms with van der Waals surface area (Å²) in [5.74, 6) is -2.26. The Labute approximate surface area is 102 Å². The van der Waals surface area contributed by atoms with Crippen LogP contribution in [0.3, 0.4) is 0 Å². The molecule has 0 N–H and O–H groups in total. The van der Waals surface area contributed by atoms with Crippen molar-refractivity contribution < 1.29 is 17.6 Å². The molecule has 0 spiro atoms. The molecular formula is C11H13F4N3. The lowest BCUT2D eigenvalue weighted by Crippen LogP contribution is -2.39. The van der Waals surface area contributed by atoms with Crippen LogP contribution in [-0.2, 0) is 0 Å². The van der Waals surface area contributed by atoms with E-state index in [1.165, 1.54) is 13.1 Å². The van der Waals surface area contributed by atoms with E-state index in [0.29, 0.717) is 5.82 Å². The van der Waals surface area contributed by atoms with Crippen LogP contribution in [-0.4, -0.2) is 29.0 Å². The van der Waals surface area contributed by atoms with Crippen LogP contribution in [0.5, 0.6) is 0 Å². The van der Waals surface area contributed by atoms with E-state index in [4.69, 9.17) is 0 Å². The minimum atomic E-state index is -2.67. The third-order valence-electron chi connectivity index (χ3n) is 3.00. The van der Waals surface area contributed by atoms with E-state index in [1.807, 2.05) is 0 Å². The van der Waals surface area contributed by atoms with Crippen molar-refractivity contribution in [2.24, 2.45) is 0 Å². The van der Waals surface area contributed by atoms with Gasteiger partial charge in [0.25, 0.3) is 12.3 Å². The van der Waals surface area contributed by atoms with Crippen LogP contribution in [0, 0.1) is 6.92 Å². The van der Waals surface area contributed by atoms with Crippen molar-refractivity contribution in [2.45, 2.75) is 32.1 Å². The first kappa shape index (κ1) is 13.0. The fourth-order valence-corrected chi connectivity index (χ4v) is 1.91. The first-order valence-electron chi connectivity index (χ1n) is 5.63. The normalized spacial score (nSPS) is 19.3. The van der Waals surface area contributed by atoms with Crippen molar-refractivity contribution in [3.05, 3.63) is 17.6 Å². The predicted molar refractivity (Wildman–Crippen MR) is 58.1 cm³/mol. The van der Waals surface area contributed by atoms with Gasteiger partial charge in [0.2, 0.25) is 0 Å². The summed E-state index contributed by atoms with van der Waals surface area (Å²) < 4.78 is 50.9. The van der Waals surface area contributed by atoms with Gasteiger partial charge in [-0.25, -0.2) is 27.5 Å². The standard InChI is InChI=1S/C11H13F4N3/c1-7-9(10(12)13)16-6-8(17-7)18-4-2-11(14,15)3-5-18/h6,10H,2-5H2,1H3. The van der Waals surface area contributed by atoms with Crippen LogP contribution in [0.15, 0.2) is 6.20 Å². The van der Waals surface area contributed by atoms with E-state index in [2.05, 4.69) is 9.97 Å². The molecule has 0 radical (unpaired) electrons. The molecule has 1 fully saturated rings. The number of nitrogens with zero attached hydrogens (tertiary/aromatic N) is 3. The summed E-state index contributed by atoms with van der Waals surface area (Å²) >= 11 is 0. The average molecular weight is 263 g/mol. The van der Waals surface area contributed by atoms with Crippen LogP contribution in [0.4, 0.5) is 23.4 Å². The number of hydrogen-bond acceptors (Lipinski definition) is 3. The molecule has 100 valence electrons. The maximum atomic E-state index is 13.0. The molecule has 1 aliphatic heterocycles. The van der Waals surface area contributed by atoms with Crippen LogP contribution in [0.25, 0.3) is 0 Å². The summed E-state index contributed by atoms with van der Waals surface area (Å²) in [4.78, 5) is 9.30. The van der Waals surface area contributed by atoms with Gasteiger partial charge in [0, 0.05) is 25.9 Å². The molecule has 1 aromatic heterocycles. The van der Waals surface area contributed by atoms with E-state index in [-0.39, 0.29) is 37.3 Å². The maximum Gasteiger partial charge on any atom is 0.282 e. The Bertz CT molecular complexity index is 426. The lowest BCUT2D eigenvalue weighted by Gasteiger charge is -2.32. The third-order valence-corrected chi connectivity index (χ3v) is 3.00. The number of halogens is 4. The number of aromatic nitrogens is 2. The van der Waals surface area contributed by atoms with E-state index in [1.54, 1.807) is 4.90 Å². The monoisotopic (exact) mass is 263 g/mol. The van der Waals surface area contributed by atoms with Crippen molar-refractivity contribution in [2.75, 3.05) is 18.0 Å². The van der Waals surface area contributed by atoms with Crippen molar-refractivity contribution in [3.63, 3.8) is 0 Å².